The van der Waals surface area contributed by atoms with Gasteiger partial charge in [0.1, 0.15) is 11.5 Å². The normalized spacial score (nSPS) is 24.8. The van der Waals surface area contributed by atoms with Crippen LogP contribution in [0.1, 0.15) is 18.9 Å². The minimum Gasteiger partial charge on any atom is -0.497 e. The number of rotatable bonds is 3. The van der Waals surface area contributed by atoms with Gasteiger partial charge in [0, 0.05) is 12.6 Å². The highest BCUT2D eigenvalue weighted by Gasteiger charge is 2.33. The summed E-state index contributed by atoms with van der Waals surface area (Å²) < 4.78 is 10.8. The number of benzene rings is 1. The maximum Gasteiger partial charge on any atom is 0.122 e. The largest absolute Gasteiger partial charge is 0.497 e. The van der Waals surface area contributed by atoms with Gasteiger partial charge in [-0.3, -0.25) is 4.90 Å². The summed E-state index contributed by atoms with van der Waals surface area (Å²) in [5, 5.41) is 3.52. The number of ether oxygens (including phenoxy) is 2. The lowest BCUT2D eigenvalue weighted by molar-refractivity contribution is 0.151. The molecule has 1 heterocycles. The van der Waals surface area contributed by atoms with Gasteiger partial charge in [0.15, 0.2) is 0 Å². The summed E-state index contributed by atoms with van der Waals surface area (Å²) in [7, 11) is 5.56. The van der Waals surface area contributed by atoms with Gasteiger partial charge in [-0.2, -0.15) is 0 Å². The number of hydrogen-bond donors (Lipinski definition) is 1. The topological polar surface area (TPSA) is 33.7 Å². The first-order valence-corrected chi connectivity index (χ1v) is 6.75. The number of methoxy groups -OCH3 is 2. The quantitative estimate of drug-likeness (QED) is 0.903. The second kappa shape index (κ2) is 5.80. The summed E-state index contributed by atoms with van der Waals surface area (Å²) in [6.45, 7) is 5.35. The van der Waals surface area contributed by atoms with Crippen molar-refractivity contribution >= 4 is 0 Å². The molecule has 1 aliphatic heterocycles. The molecule has 1 aliphatic rings. The molecule has 1 N–H and O–H groups in total. The third kappa shape index (κ3) is 2.85. The third-order valence-corrected chi connectivity index (χ3v) is 4.13. The fourth-order valence-corrected chi connectivity index (χ4v) is 2.60. The van der Waals surface area contributed by atoms with Gasteiger partial charge in [-0.1, -0.05) is 0 Å². The molecule has 2 rings (SSSR count). The van der Waals surface area contributed by atoms with Crippen LogP contribution in [0.25, 0.3) is 0 Å². The molecule has 1 unspecified atom stereocenters. The molecule has 1 fully saturated rings. The van der Waals surface area contributed by atoms with E-state index >= 15 is 0 Å². The first-order chi connectivity index (χ1) is 9.10. The van der Waals surface area contributed by atoms with E-state index in [1.807, 2.05) is 6.07 Å². The van der Waals surface area contributed by atoms with E-state index in [0.717, 1.165) is 31.1 Å². The maximum atomic E-state index is 5.38. The molecule has 4 heteroatoms. The average Bonchev–Trinajstić information content (AvgIpc) is 2.61. The number of likely N-dealkylation sites (N-methyl/N-ethyl adjacent to an activating group) is 1. The van der Waals surface area contributed by atoms with Crippen molar-refractivity contribution in [1.82, 2.24) is 10.2 Å². The zero-order valence-corrected chi connectivity index (χ0v) is 12.3. The molecule has 0 bridgehead atoms. The van der Waals surface area contributed by atoms with E-state index < -0.39 is 0 Å². The molecule has 0 spiro atoms. The molecule has 0 saturated carbocycles. The minimum absolute atomic E-state index is 0.0433. The lowest BCUT2D eigenvalue weighted by Crippen LogP contribution is -2.46. The van der Waals surface area contributed by atoms with Crippen molar-refractivity contribution < 1.29 is 9.47 Å². The van der Waals surface area contributed by atoms with Crippen LogP contribution >= 0.6 is 0 Å². The fraction of sp³-hybridized carbons (Fsp3) is 0.600. The minimum atomic E-state index is -0.0433. The van der Waals surface area contributed by atoms with Crippen LogP contribution in [-0.2, 0) is 5.54 Å². The highest BCUT2D eigenvalue weighted by atomic mass is 16.5. The lowest BCUT2D eigenvalue weighted by atomic mass is 9.90. The molecule has 1 aromatic rings. The summed E-state index contributed by atoms with van der Waals surface area (Å²) >= 11 is 0. The molecule has 0 amide bonds. The van der Waals surface area contributed by atoms with E-state index in [1.165, 1.54) is 12.0 Å². The third-order valence-electron chi connectivity index (χ3n) is 4.13. The molecule has 1 atom stereocenters. The second-order valence-electron chi connectivity index (χ2n) is 5.33. The van der Waals surface area contributed by atoms with Crippen LogP contribution in [-0.4, -0.2) is 45.8 Å². The Hall–Kier alpha value is -1.26. The molecule has 4 nitrogen and oxygen atoms in total. The Morgan fingerprint density at radius 3 is 2.37 bits per heavy atom. The molecule has 106 valence electrons. The highest BCUT2D eigenvalue weighted by molar-refractivity contribution is 5.41. The Labute approximate surface area is 115 Å². The average molecular weight is 264 g/mol. The number of nitrogens with zero attached hydrogens (tertiary/aromatic N) is 1. The van der Waals surface area contributed by atoms with Crippen LogP contribution in [0.15, 0.2) is 18.2 Å². The second-order valence-corrected chi connectivity index (χ2v) is 5.33. The van der Waals surface area contributed by atoms with Crippen molar-refractivity contribution in [2.45, 2.75) is 18.9 Å². The molecule has 1 aromatic carbocycles. The van der Waals surface area contributed by atoms with E-state index in [2.05, 4.69) is 36.3 Å². The van der Waals surface area contributed by atoms with Crippen molar-refractivity contribution in [2.75, 3.05) is 40.9 Å². The van der Waals surface area contributed by atoms with Crippen molar-refractivity contribution in [2.24, 2.45) is 0 Å². The van der Waals surface area contributed by atoms with E-state index in [4.69, 9.17) is 9.47 Å². The monoisotopic (exact) mass is 264 g/mol. The molecule has 0 aromatic heterocycles. The lowest BCUT2D eigenvalue weighted by Gasteiger charge is -2.38. The zero-order chi connectivity index (χ0) is 13.9. The zero-order valence-electron chi connectivity index (χ0n) is 12.3. The first kappa shape index (κ1) is 14.2. The van der Waals surface area contributed by atoms with Crippen molar-refractivity contribution in [3.63, 3.8) is 0 Å². The molecular weight excluding hydrogens is 240 g/mol. The van der Waals surface area contributed by atoms with Crippen LogP contribution in [0.5, 0.6) is 11.5 Å². The van der Waals surface area contributed by atoms with Crippen molar-refractivity contribution in [3.05, 3.63) is 23.8 Å². The van der Waals surface area contributed by atoms with Crippen LogP contribution in [0.4, 0.5) is 0 Å². The van der Waals surface area contributed by atoms with E-state index in [-0.39, 0.29) is 5.54 Å². The highest BCUT2D eigenvalue weighted by Crippen LogP contribution is 2.33. The summed E-state index contributed by atoms with van der Waals surface area (Å²) in [5.74, 6) is 1.68. The molecule has 0 aliphatic carbocycles. The molecular formula is C15H24N2O2. The van der Waals surface area contributed by atoms with Gasteiger partial charge in [0.05, 0.1) is 19.8 Å². The van der Waals surface area contributed by atoms with Crippen LogP contribution in [0.3, 0.4) is 0 Å². The van der Waals surface area contributed by atoms with Gasteiger partial charge >= 0.3 is 0 Å². The molecule has 19 heavy (non-hydrogen) atoms. The number of hydrogen-bond acceptors (Lipinski definition) is 4. The van der Waals surface area contributed by atoms with Gasteiger partial charge in [-0.25, -0.2) is 0 Å². The van der Waals surface area contributed by atoms with Crippen molar-refractivity contribution in [3.8, 4) is 11.5 Å². The Balaban J connectivity index is 2.42. The summed E-state index contributed by atoms with van der Waals surface area (Å²) in [6.07, 6.45) is 1.17. The van der Waals surface area contributed by atoms with E-state index in [9.17, 15) is 0 Å². The number of nitrogens with one attached hydrogen (secondary N) is 1. The SMILES string of the molecule is COc1cc(OC)cc(C2(C)CNCCCN2C)c1. The van der Waals surface area contributed by atoms with Gasteiger partial charge in [0.25, 0.3) is 0 Å². The first-order valence-electron chi connectivity index (χ1n) is 6.75. The smallest absolute Gasteiger partial charge is 0.122 e. The van der Waals surface area contributed by atoms with Gasteiger partial charge in [0.2, 0.25) is 0 Å². The Kier molecular flexibility index (Phi) is 4.32. The summed E-state index contributed by atoms with van der Waals surface area (Å²) in [4.78, 5) is 2.40. The fourth-order valence-electron chi connectivity index (χ4n) is 2.60. The van der Waals surface area contributed by atoms with Crippen molar-refractivity contribution in [1.29, 1.82) is 0 Å². The van der Waals surface area contributed by atoms with Gasteiger partial charge < -0.3 is 14.8 Å². The molecule has 0 radical (unpaired) electrons. The van der Waals surface area contributed by atoms with Gasteiger partial charge in [-0.05, 0) is 51.2 Å². The Morgan fingerprint density at radius 1 is 1.16 bits per heavy atom. The maximum absolute atomic E-state index is 5.38. The van der Waals surface area contributed by atoms with E-state index in [1.54, 1.807) is 14.2 Å². The summed E-state index contributed by atoms with van der Waals surface area (Å²) in [6, 6.07) is 6.12. The Bertz CT molecular complexity index is 414. The molecule has 1 saturated heterocycles. The van der Waals surface area contributed by atoms with Crippen LogP contribution in [0.2, 0.25) is 0 Å². The predicted octanol–water partition coefficient (Wildman–Crippen LogP) is 1.84. The van der Waals surface area contributed by atoms with Gasteiger partial charge in [-0.15, -0.1) is 0 Å². The van der Waals surface area contributed by atoms with Crippen LogP contribution in [0, 0.1) is 0 Å². The predicted molar refractivity (Wildman–Crippen MR) is 77.0 cm³/mol. The standard InChI is InChI=1S/C15H24N2O2/c1-15(11-16-6-5-7-17(15)2)12-8-13(18-3)10-14(9-12)19-4/h8-10,16H,5-7,11H2,1-4H3. The van der Waals surface area contributed by atoms with Crippen LogP contribution < -0.4 is 14.8 Å². The summed E-state index contributed by atoms with van der Waals surface area (Å²) in [5.41, 5.74) is 1.18. The Morgan fingerprint density at radius 2 is 1.79 bits per heavy atom. The van der Waals surface area contributed by atoms with E-state index in [0.29, 0.717) is 0 Å².